The number of nitrogens with zero attached hydrogens (tertiary/aromatic N) is 2. The highest BCUT2D eigenvalue weighted by Crippen LogP contribution is 2.29. The third-order valence-corrected chi connectivity index (χ3v) is 4.22. The number of aryl methyl sites for hydroxylation is 1. The van der Waals surface area contributed by atoms with E-state index in [1.807, 2.05) is 10.9 Å². The average Bonchev–Trinajstić information content (AvgIpc) is 2.70. The molecule has 3 atom stereocenters. The molecule has 1 heterocycles. The van der Waals surface area contributed by atoms with Crippen LogP contribution in [0.5, 0.6) is 0 Å². The van der Waals surface area contributed by atoms with E-state index in [-0.39, 0.29) is 0 Å². The molecule has 1 aliphatic carbocycles. The summed E-state index contributed by atoms with van der Waals surface area (Å²) < 4.78 is 2.03. The maximum Gasteiger partial charge on any atom is 0.0534 e. The van der Waals surface area contributed by atoms with Crippen LogP contribution in [0.2, 0.25) is 0 Å². The molecular formula is C14H25N3. The zero-order valence-corrected chi connectivity index (χ0v) is 11.3. The summed E-state index contributed by atoms with van der Waals surface area (Å²) in [5.74, 6) is 1.68. The molecule has 0 spiro atoms. The molecule has 0 radical (unpaired) electrons. The van der Waals surface area contributed by atoms with Crippen LogP contribution in [0, 0.1) is 18.8 Å². The second-order valence-corrected chi connectivity index (χ2v) is 5.61. The standard InChI is InChI=1S/C14H25N3/c1-11-9-16-17(10-11)8-7-15-14-6-4-5-12(2)13(14)3/h9-10,12-15H,4-8H2,1-3H3. The molecule has 17 heavy (non-hydrogen) atoms. The number of nitrogens with one attached hydrogen (secondary N) is 1. The fraction of sp³-hybridized carbons (Fsp3) is 0.786. The van der Waals surface area contributed by atoms with Gasteiger partial charge in [-0.3, -0.25) is 4.68 Å². The van der Waals surface area contributed by atoms with Gasteiger partial charge in [-0.25, -0.2) is 0 Å². The molecule has 1 aliphatic rings. The Morgan fingerprint density at radius 2 is 2.24 bits per heavy atom. The van der Waals surface area contributed by atoms with E-state index in [0.29, 0.717) is 6.04 Å². The Kier molecular flexibility index (Phi) is 4.21. The van der Waals surface area contributed by atoms with Crippen molar-refractivity contribution in [1.82, 2.24) is 15.1 Å². The Bertz CT molecular complexity index is 345. The molecular weight excluding hydrogens is 210 g/mol. The molecule has 0 aliphatic heterocycles. The zero-order chi connectivity index (χ0) is 12.3. The molecule has 1 fully saturated rings. The van der Waals surface area contributed by atoms with E-state index in [2.05, 4.69) is 37.4 Å². The van der Waals surface area contributed by atoms with Crippen LogP contribution in [0.1, 0.15) is 38.7 Å². The zero-order valence-electron chi connectivity index (χ0n) is 11.3. The van der Waals surface area contributed by atoms with Crippen molar-refractivity contribution in [3.63, 3.8) is 0 Å². The van der Waals surface area contributed by atoms with Gasteiger partial charge in [0.2, 0.25) is 0 Å². The maximum absolute atomic E-state index is 4.31. The second kappa shape index (κ2) is 5.67. The third kappa shape index (κ3) is 3.32. The largest absolute Gasteiger partial charge is 0.312 e. The van der Waals surface area contributed by atoms with Gasteiger partial charge in [0.15, 0.2) is 0 Å². The van der Waals surface area contributed by atoms with Crippen molar-refractivity contribution in [2.24, 2.45) is 11.8 Å². The molecule has 1 aromatic heterocycles. The second-order valence-electron chi connectivity index (χ2n) is 5.61. The van der Waals surface area contributed by atoms with Crippen molar-refractivity contribution in [2.45, 2.75) is 52.6 Å². The first-order valence-electron chi connectivity index (χ1n) is 6.89. The number of hydrogen-bond donors (Lipinski definition) is 1. The van der Waals surface area contributed by atoms with Gasteiger partial charge >= 0.3 is 0 Å². The van der Waals surface area contributed by atoms with Gasteiger partial charge in [0.25, 0.3) is 0 Å². The van der Waals surface area contributed by atoms with E-state index in [4.69, 9.17) is 0 Å². The highest BCUT2D eigenvalue weighted by Gasteiger charge is 2.26. The predicted molar refractivity (Wildman–Crippen MR) is 70.9 cm³/mol. The van der Waals surface area contributed by atoms with Crippen LogP contribution >= 0.6 is 0 Å². The summed E-state index contributed by atoms with van der Waals surface area (Å²) >= 11 is 0. The van der Waals surface area contributed by atoms with Crippen molar-refractivity contribution < 1.29 is 0 Å². The SMILES string of the molecule is Cc1cnn(CCNC2CCCC(C)C2C)c1. The molecule has 96 valence electrons. The van der Waals surface area contributed by atoms with Crippen molar-refractivity contribution in [1.29, 1.82) is 0 Å². The molecule has 0 bridgehead atoms. The molecule has 0 aromatic carbocycles. The fourth-order valence-corrected chi connectivity index (χ4v) is 2.82. The lowest BCUT2D eigenvalue weighted by atomic mass is 9.78. The lowest BCUT2D eigenvalue weighted by Crippen LogP contribution is -2.41. The first-order valence-corrected chi connectivity index (χ1v) is 6.89. The van der Waals surface area contributed by atoms with Crippen LogP contribution in [0.3, 0.4) is 0 Å². The Morgan fingerprint density at radius 3 is 2.94 bits per heavy atom. The molecule has 3 nitrogen and oxygen atoms in total. The molecule has 0 saturated heterocycles. The van der Waals surface area contributed by atoms with E-state index in [0.717, 1.165) is 24.9 Å². The minimum absolute atomic E-state index is 0.704. The number of hydrogen-bond acceptors (Lipinski definition) is 2. The maximum atomic E-state index is 4.31. The Balaban J connectivity index is 1.74. The summed E-state index contributed by atoms with van der Waals surface area (Å²) in [5, 5.41) is 8.01. The van der Waals surface area contributed by atoms with Gasteiger partial charge in [-0.05, 0) is 30.7 Å². The summed E-state index contributed by atoms with van der Waals surface area (Å²) in [6, 6.07) is 0.704. The van der Waals surface area contributed by atoms with Gasteiger partial charge in [0.1, 0.15) is 0 Å². The lowest BCUT2D eigenvalue weighted by molar-refractivity contribution is 0.205. The summed E-state index contributed by atoms with van der Waals surface area (Å²) in [4.78, 5) is 0. The van der Waals surface area contributed by atoms with Crippen LogP contribution in [-0.4, -0.2) is 22.4 Å². The van der Waals surface area contributed by atoms with Crippen LogP contribution in [-0.2, 0) is 6.54 Å². The van der Waals surface area contributed by atoms with Crippen LogP contribution in [0.25, 0.3) is 0 Å². The van der Waals surface area contributed by atoms with Crippen molar-refractivity contribution in [3.05, 3.63) is 18.0 Å². The van der Waals surface area contributed by atoms with Crippen molar-refractivity contribution in [3.8, 4) is 0 Å². The van der Waals surface area contributed by atoms with E-state index in [1.54, 1.807) is 0 Å². The summed E-state index contributed by atoms with van der Waals surface area (Å²) in [6.45, 7) is 8.87. The first kappa shape index (κ1) is 12.6. The van der Waals surface area contributed by atoms with E-state index in [9.17, 15) is 0 Å². The van der Waals surface area contributed by atoms with Crippen LogP contribution < -0.4 is 5.32 Å². The van der Waals surface area contributed by atoms with Gasteiger partial charge in [-0.15, -0.1) is 0 Å². The molecule has 2 rings (SSSR count). The van der Waals surface area contributed by atoms with E-state index >= 15 is 0 Å². The first-order chi connectivity index (χ1) is 8.16. The molecule has 3 unspecified atom stereocenters. The minimum Gasteiger partial charge on any atom is -0.312 e. The lowest BCUT2D eigenvalue weighted by Gasteiger charge is -2.34. The molecule has 1 aromatic rings. The Labute approximate surface area is 105 Å². The predicted octanol–water partition coefficient (Wildman–Crippen LogP) is 2.61. The molecule has 3 heteroatoms. The van der Waals surface area contributed by atoms with Gasteiger partial charge in [0.05, 0.1) is 12.7 Å². The topological polar surface area (TPSA) is 29.9 Å². The van der Waals surface area contributed by atoms with Gasteiger partial charge in [-0.2, -0.15) is 5.10 Å². The Morgan fingerprint density at radius 1 is 1.41 bits per heavy atom. The van der Waals surface area contributed by atoms with Gasteiger partial charge in [0, 0.05) is 18.8 Å². The smallest absolute Gasteiger partial charge is 0.0534 e. The molecule has 1 N–H and O–H groups in total. The van der Waals surface area contributed by atoms with Gasteiger partial charge in [-0.1, -0.05) is 26.7 Å². The normalized spacial score (nSPS) is 29.5. The van der Waals surface area contributed by atoms with Crippen molar-refractivity contribution >= 4 is 0 Å². The minimum atomic E-state index is 0.704. The highest BCUT2D eigenvalue weighted by molar-refractivity contribution is 4.99. The average molecular weight is 235 g/mol. The summed E-state index contributed by atoms with van der Waals surface area (Å²) in [6.07, 6.45) is 8.14. The molecule has 0 amide bonds. The summed E-state index contributed by atoms with van der Waals surface area (Å²) in [5.41, 5.74) is 1.24. The monoisotopic (exact) mass is 235 g/mol. The molecule has 1 saturated carbocycles. The van der Waals surface area contributed by atoms with Crippen molar-refractivity contribution in [2.75, 3.05) is 6.54 Å². The number of rotatable bonds is 4. The van der Waals surface area contributed by atoms with Gasteiger partial charge < -0.3 is 5.32 Å². The van der Waals surface area contributed by atoms with Crippen LogP contribution in [0.4, 0.5) is 0 Å². The fourth-order valence-electron chi connectivity index (χ4n) is 2.82. The van der Waals surface area contributed by atoms with E-state index < -0.39 is 0 Å². The van der Waals surface area contributed by atoms with E-state index in [1.165, 1.54) is 24.8 Å². The number of aromatic nitrogens is 2. The van der Waals surface area contributed by atoms with Crippen LogP contribution in [0.15, 0.2) is 12.4 Å². The highest BCUT2D eigenvalue weighted by atomic mass is 15.3. The Hall–Kier alpha value is -0.830. The third-order valence-electron chi connectivity index (χ3n) is 4.22. The quantitative estimate of drug-likeness (QED) is 0.869. The summed E-state index contributed by atoms with van der Waals surface area (Å²) in [7, 11) is 0.